The van der Waals surface area contributed by atoms with E-state index in [0.29, 0.717) is 5.41 Å². The van der Waals surface area contributed by atoms with Crippen molar-refractivity contribution in [3.63, 3.8) is 0 Å². The van der Waals surface area contributed by atoms with Crippen molar-refractivity contribution in [3.05, 3.63) is 0 Å². The second-order valence-corrected chi connectivity index (χ2v) is 6.11. The number of nitrogens with zero attached hydrogens (tertiary/aromatic N) is 1. The summed E-state index contributed by atoms with van der Waals surface area (Å²) in [5.74, 6) is 0. The van der Waals surface area contributed by atoms with Crippen molar-refractivity contribution in [2.45, 2.75) is 45.3 Å². The third kappa shape index (κ3) is 4.84. The maximum Gasteiger partial charge on any atom is 0.0971 e. The van der Waals surface area contributed by atoms with E-state index >= 15 is 0 Å². The van der Waals surface area contributed by atoms with Crippen LogP contribution in [0.2, 0.25) is 0 Å². The number of hydrogen-bond donors (Lipinski definition) is 1. The molecule has 0 spiro atoms. The SMILES string of the molecule is COC1CN(CCCC(C)(C)CCN)CC1OC. The number of hydrogen-bond acceptors (Lipinski definition) is 4. The highest BCUT2D eigenvalue weighted by molar-refractivity contribution is 4.85. The zero-order valence-corrected chi connectivity index (χ0v) is 12.4. The maximum atomic E-state index is 5.64. The fourth-order valence-electron chi connectivity index (χ4n) is 2.75. The van der Waals surface area contributed by atoms with Crippen LogP contribution in [0.3, 0.4) is 0 Å². The van der Waals surface area contributed by atoms with E-state index in [1.54, 1.807) is 14.2 Å². The van der Waals surface area contributed by atoms with Gasteiger partial charge in [-0.1, -0.05) is 13.8 Å². The van der Waals surface area contributed by atoms with Crippen LogP contribution in [0, 0.1) is 5.41 Å². The molecular formula is C14H30N2O2. The van der Waals surface area contributed by atoms with E-state index in [1.165, 1.54) is 12.8 Å². The Morgan fingerprint density at radius 3 is 2.11 bits per heavy atom. The second-order valence-electron chi connectivity index (χ2n) is 6.11. The molecule has 1 rings (SSSR count). The summed E-state index contributed by atoms with van der Waals surface area (Å²) in [6, 6.07) is 0. The Labute approximate surface area is 112 Å². The number of ether oxygens (including phenoxy) is 2. The highest BCUT2D eigenvalue weighted by Crippen LogP contribution is 2.26. The first kappa shape index (κ1) is 15.9. The van der Waals surface area contributed by atoms with Crippen LogP contribution in [0.1, 0.15) is 33.1 Å². The van der Waals surface area contributed by atoms with Crippen molar-refractivity contribution in [1.29, 1.82) is 0 Å². The lowest BCUT2D eigenvalue weighted by Crippen LogP contribution is -2.27. The Hall–Kier alpha value is -0.160. The summed E-state index contributed by atoms with van der Waals surface area (Å²) in [7, 11) is 3.54. The van der Waals surface area contributed by atoms with Crippen LogP contribution in [-0.4, -0.2) is 57.5 Å². The lowest BCUT2D eigenvalue weighted by Gasteiger charge is -2.25. The van der Waals surface area contributed by atoms with Gasteiger partial charge in [-0.15, -0.1) is 0 Å². The quantitative estimate of drug-likeness (QED) is 0.716. The summed E-state index contributed by atoms with van der Waals surface area (Å²) in [6.07, 6.45) is 4.02. The van der Waals surface area contributed by atoms with Crippen molar-refractivity contribution in [2.24, 2.45) is 11.1 Å². The fraction of sp³-hybridized carbons (Fsp3) is 1.00. The molecule has 0 aromatic heterocycles. The third-order valence-corrected chi connectivity index (χ3v) is 4.05. The minimum Gasteiger partial charge on any atom is -0.377 e. The molecule has 18 heavy (non-hydrogen) atoms. The molecule has 2 N–H and O–H groups in total. The van der Waals surface area contributed by atoms with Gasteiger partial charge in [0.1, 0.15) is 0 Å². The zero-order valence-electron chi connectivity index (χ0n) is 12.4. The van der Waals surface area contributed by atoms with E-state index in [-0.39, 0.29) is 12.2 Å². The topological polar surface area (TPSA) is 47.7 Å². The fourth-order valence-corrected chi connectivity index (χ4v) is 2.75. The Morgan fingerprint density at radius 2 is 1.67 bits per heavy atom. The van der Waals surface area contributed by atoms with E-state index < -0.39 is 0 Å². The monoisotopic (exact) mass is 258 g/mol. The lowest BCUT2D eigenvalue weighted by atomic mass is 9.84. The molecule has 2 unspecified atom stereocenters. The van der Waals surface area contributed by atoms with Gasteiger partial charge in [0.15, 0.2) is 0 Å². The lowest BCUT2D eigenvalue weighted by molar-refractivity contribution is -0.00461. The van der Waals surface area contributed by atoms with Gasteiger partial charge >= 0.3 is 0 Å². The molecule has 108 valence electrons. The molecule has 1 aliphatic heterocycles. The molecule has 1 heterocycles. The van der Waals surface area contributed by atoms with Gasteiger partial charge in [0.05, 0.1) is 12.2 Å². The molecular weight excluding hydrogens is 228 g/mol. The highest BCUT2D eigenvalue weighted by atomic mass is 16.5. The van der Waals surface area contributed by atoms with Gasteiger partial charge < -0.3 is 15.2 Å². The van der Waals surface area contributed by atoms with Gasteiger partial charge in [0.2, 0.25) is 0 Å². The average Bonchev–Trinajstić information content (AvgIpc) is 2.71. The molecule has 1 saturated heterocycles. The smallest absolute Gasteiger partial charge is 0.0971 e. The van der Waals surface area contributed by atoms with Crippen LogP contribution in [0.15, 0.2) is 0 Å². The third-order valence-electron chi connectivity index (χ3n) is 4.05. The Balaban J connectivity index is 2.25. The van der Waals surface area contributed by atoms with E-state index in [0.717, 1.165) is 32.6 Å². The van der Waals surface area contributed by atoms with E-state index in [9.17, 15) is 0 Å². The standard InChI is InChI=1S/C14H30N2O2/c1-14(2,7-8-15)6-5-9-16-10-12(17-3)13(11-16)18-4/h12-13H,5-11,15H2,1-4H3. The summed E-state index contributed by atoms with van der Waals surface area (Å²) >= 11 is 0. The molecule has 2 atom stereocenters. The summed E-state index contributed by atoms with van der Waals surface area (Å²) in [5.41, 5.74) is 6.01. The van der Waals surface area contributed by atoms with Crippen LogP contribution in [0.4, 0.5) is 0 Å². The van der Waals surface area contributed by atoms with Crippen LogP contribution in [-0.2, 0) is 9.47 Å². The van der Waals surface area contributed by atoms with Gasteiger partial charge in [0.25, 0.3) is 0 Å². The largest absolute Gasteiger partial charge is 0.377 e. The highest BCUT2D eigenvalue weighted by Gasteiger charge is 2.32. The molecule has 0 aliphatic carbocycles. The number of nitrogens with two attached hydrogens (primary N) is 1. The predicted molar refractivity (Wildman–Crippen MR) is 74.7 cm³/mol. The van der Waals surface area contributed by atoms with Gasteiger partial charge in [-0.3, -0.25) is 4.90 Å². The molecule has 1 fully saturated rings. The number of rotatable bonds is 8. The van der Waals surface area contributed by atoms with Gasteiger partial charge in [-0.05, 0) is 37.8 Å². The van der Waals surface area contributed by atoms with Crippen LogP contribution in [0.5, 0.6) is 0 Å². The molecule has 0 aromatic rings. The van der Waals surface area contributed by atoms with Crippen LogP contribution in [0.25, 0.3) is 0 Å². The zero-order chi connectivity index (χ0) is 13.6. The first-order valence-corrected chi connectivity index (χ1v) is 7.00. The summed E-state index contributed by atoms with van der Waals surface area (Å²) in [6.45, 7) is 8.51. The molecule has 4 heteroatoms. The predicted octanol–water partition coefficient (Wildman–Crippen LogP) is 1.49. The maximum absolute atomic E-state index is 5.64. The first-order chi connectivity index (χ1) is 8.52. The van der Waals surface area contributed by atoms with Crippen molar-refractivity contribution in [2.75, 3.05) is 40.4 Å². The molecule has 0 radical (unpaired) electrons. The van der Waals surface area contributed by atoms with Crippen molar-refractivity contribution in [3.8, 4) is 0 Å². The van der Waals surface area contributed by atoms with Crippen molar-refractivity contribution < 1.29 is 9.47 Å². The normalized spacial score (nSPS) is 25.8. The molecule has 0 bridgehead atoms. The van der Waals surface area contributed by atoms with E-state index in [1.807, 2.05) is 0 Å². The minimum atomic E-state index is 0.229. The van der Waals surface area contributed by atoms with Crippen LogP contribution < -0.4 is 5.73 Å². The van der Waals surface area contributed by atoms with Crippen molar-refractivity contribution in [1.82, 2.24) is 4.90 Å². The molecule has 1 aliphatic rings. The van der Waals surface area contributed by atoms with Gasteiger partial charge in [-0.2, -0.15) is 0 Å². The average molecular weight is 258 g/mol. The Kier molecular flexibility index (Phi) is 6.57. The van der Waals surface area contributed by atoms with E-state index in [4.69, 9.17) is 15.2 Å². The molecule has 0 aromatic carbocycles. The van der Waals surface area contributed by atoms with Gasteiger partial charge in [0, 0.05) is 27.3 Å². The van der Waals surface area contributed by atoms with Crippen molar-refractivity contribution >= 4 is 0 Å². The summed E-state index contributed by atoms with van der Waals surface area (Å²) < 4.78 is 10.9. The summed E-state index contributed by atoms with van der Waals surface area (Å²) in [5, 5.41) is 0. The Bertz CT molecular complexity index is 222. The van der Waals surface area contributed by atoms with Gasteiger partial charge in [-0.25, -0.2) is 0 Å². The summed E-state index contributed by atoms with van der Waals surface area (Å²) in [4.78, 5) is 2.45. The number of methoxy groups -OCH3 is 2. The van der Waals surface area contributed by atoms with E-state index in [2.05, 4.69) is 18.7 Å². The minimum absolute atomic E-state index is 0.229. The molecule has 4 nitrogen and oxygen atoms in total. The first-order valence-electron chi connectivity index (χ1n) is 7.00. The molecule has 0 saturated carbocycles. The number of likely N-dealkylation sites (tertiary alicyclic amines) is 1. The molecule has 0 amide bonds. The van der Waals surface area contributed by atoms with Crippen LogP contribution >= 0.6 is 0 Å². The second kappa shape index (κ2) is 7.43. The Morgan fingerprint density at radius 1 is 1.11 bits per heavy atom.